The van der Waals surface area contributed by atoms with Gasteiger partial charge in [0.2, 0.25) is 11.8 Å². The number of nitrogens with zero attached hydrogens (tertiary/aromatic N) is 2. The summed E-state index contributed by atoms with van der Waals surface area (Å²) in [5.41, 5.74) is 1.08. The molecule has 1 aromatic heterocycles. The molecular formula is C18H17N3O4. The molecule has 2 aromatic rings. The zero-order valence-corrected chi connectivity index (χ0v) is 13.7. The number of ether oxygens (including phenoxy) is 1. The van der Waals surface area contributed by atoms with Crippen LogP contribution in [0.4, 0.5) is 0 Å². The molecule has 0 atom stereocenters. The first kappa shape index (κ1) is 17.9. The van der Waals surface area contributed by atoms with Crippen molar-refractivity contribution < 1.29 is 18.7 Å². The summed E-state index contributed by atoms with van der Waals surface area (Å²) in [5.74, 6) is -0.400. The molecule has 1 N–H and O–H groups in total. The zero-order chi connectivity index (χ0) is 18.2. The molecule has 0 saturated carbocycles. The molecule has 128 valence electrons. The lowest BCUT2D eigenvalue weighted by molar-refractivity contribution is -0.121. The number of rotatable bonds is 7. The van der Waals surface area contributed by atoms with E-state index in [1.54, 1.807) is 30.3 Å². The molecule has 0 radical (unpaired) electrons. The Morgan fingerprint density at radius 1 is 1.40 bits per heavy atom. The molecule has 1 heterocycles. The van der Waals surface area contributed by atoms with Crippen LogP contribution in [0.3, 0.4) is 0 Å². The molecule has 0 spiro atoms. The van der Waals surface area contributed by atoms with E-state index in [1.165, 1.54) is 7.11 Å². The Bertz CT molecular complexity index is 816. The van der Waals surface area contributed by atoms with Crippen molar-refractivity contribution in [3.63, 3.8) is 0 Å². The molecule has 25 heavy (non-hydrogen) atoms. The van der Waals surface area contributed by atoms with Gasteiger partial charge in [0.05, 0.1) is 25.3 Å². The minimum absolute atomic E-state index is 0.0162. The van der Waals surface area contributed by atoms with Crippen LogP contribution in [0, 0.1) is 11.3 Å². The third-order valence-corrected chi connectivity index (χ3v) is 3.34. The van der Waals surface area contributed by atoms with Crippen LogP contribution in [0.1, 0.15) is 34.8 Å². The highest BCUT2D eigenvalue weighted by molar-refractivity contribution is 5.93. The Morgan fingerprint density at radius 3 is 2.72 bits per heavy atom. The van der Waals surface area contributed by atoms with E-state index in [4.69, 9.17) is 14.4 Å². The summed E-state index contributed by atoms with van der Waals surface area (Å²) in [4.78, 5) is 27.7. The Balaban J connectivity index is 2.24. The van der Waals surface area contributed by atoms with Crippen LogP contribution in [0.2, 0.25) is 0 Å². The third-order valence-electron chi connectivity index (χ3n) is 3.34. The van der Waals surface area contributed by atoms with Crippen molar-refractivity contribution in [3.8, 4) is 17.4 Å². The smallest absolute Gasteiger partial charge is 0.360 e. The number of carbonyl (C=O) groups excluding carboxylic acids is 2. The molecule has 0 bridgehead atoms. The lowest BCUT2D eigenvalue weighted by atomic mass is 10.1. The molecule has 0 aliphatic heterocycles. The normalized spacial score (nSPS) is 9.92. The Kier molecular flexibility index (Phi) is 6.07. The average Bonchev–Trinajstić information content (AvgIpc) is 3.08. The number of nitriles is 1. The number of methoxy groups -OCH3 is 1. The van der Waals surface area contributed by atoms with Crippen molar-refractivity contribution in [2.24, 2.45) is 0 Å². The maximum Gasteiger partial charge on any atom is 0.360 e. The largest absolute Gasteiger partial charge is 0.464 e. The van der Waals surface area contributed by atoms with Gasteiger partial charge in [0.1, 0.15) is 0 Å². The van der Waals surface area contributed by atoms with E-state index in [2.05, 4.69) is 16.9 Å². The SMILES string of the molecule is C=CCCC(=O)NCc1nc(C(=O)OC)c(-c2ccc(C#N)cc2)o1. The topological polar surface area (TPSA) is 105 Å². The van der Waals surface area contributed by atoms with E-state index >= 15 is 0 Å². The summed E-state index contributed by atoms with van der Waals surface area (Å²) in [5, 5.41) is 11.5. The van der Waals surface area contributed by atoms with Gasteiger partial charge in [0, 0.05) is 12.0 Å². The summed E-state index contributed by atoms with van der Waals surface area (Å²) in [6, 6.07) is 8.53. The molecule has 0 aliphatic carbocycles. The van der Waals surface area contributed by atoms with Gasteiger partial charge in [-0.25, -0.2) is 9.78 Å². The van der Waals surface area contributed by atoms with Crippen LogP contribution in [-0.4, -0.2) is 24.0 Å². The quantitative estimate of drug-likeness (QED) is 0.614. The van der Waals surface area contributed by atoms with Crippen LogP contribution in [0.25, 0.3) is 11.3 Å². The van der Waals surface area contributed by atoms with Crippen LogP contribution in [0.5, 0.6) is 0 Å². The van der Waals surface area contributed by atoms with Crippen LogP contribution >= 0.6 is 0 Å². The summed E-state index contributed by atoms with van der Waals surface area (Å²) in [6.07, 6.45) is 2.54. The van der Waals surface area contributed by atoms with Gasteiger partial charge in [-0.1, -0.05) is 6.08 Å². The van der Waals surface area contributed by atoms with Gasteiger partial charge in [-0.15, -0.1) is 6.58 Å². The van der Waals surface area contributed by atoms with E-state index < -0.39 is 5.97 Å². The number of nitrogens with one attached hydrogen (secondary N) is 1. The van der Waals surface area contributed by atoms with E-state index in [-0.39, 0.29) is 29.8 Å². The second-order valence-electron chi connectivity index (χ2n) is 5.07. The fraction of sp³-hybridized carbons (Fsp3) is 0.222. The maximum atomic E-state index is 11.9. The average molecular weight is 339 g/mol. The predicted octanol–water partition coefficient (Wildman–Crippen LogP) is 2.58. The first-order valence-corrected chi connectivity index (χ1v) is 7.55. The van der Waals surface area contributed by atoms with E-state index in [0.29, 0.717) is 24.0 Å². The fourth-order valence-corrected chi connectivity index (χ4v) is 2.06. The van der Waals surface area contributed by atoms with Gasteiger partial charge < -0.3 is 14.5 Å². The Hall–Kier alpha value is -3.40. The summed E-state index contributed by atoms with van der Waals surface area (Å²) in [6.45, 7) is 3.61. The Morgan fingerprint density at radius 2 is 2.12 bits per heavy atom. The number of amides is 1. The van der Waals surface area contributed by atoms with Crippen LogP contribution in [0.15, 0.2) is 41.3 Å². The van der Waals surface area contributed by atoms with Crippen molar-refractivity contribution >= 4 is 11.9 Å². The molecule has 0 aliphatic rings. The molecule has 1 amide bonds. The van der Waals surface area contributed by atoms with Gasteiger partial charge in [0.25, 0.3) is 0 Å². The van der Waals surface area contributed by atoms with Crippen LogP contribution < -0.4 is 5.32 Å². The van der Waals surface area contributed by atoms with Crippen molar-refractivity contribution in [3.05, 3.63) is 54.1 Å². The second kappa shape index (κ2) is 8.45. The first-order valence-electron chi connectivity index (χ1n) is 7.55. The number of oxazole rings is 1. The molecule has 1 aromatic carbocycles. The zero-order valence-electron chi connectivity index (χ0n) is 13.7. The monoisotopic (exact) mass is 339 g/mol. The Labute approximate surface area is 144 Å². The van der Waals surface area contributed by atoms with E-state index in [0.717, 1.165) is 0 Å². The number of aromatic nitrogens is 1. The van der Waals surface area contributed by atoms with Crippen molar-refractivity contribution in [1.29, 1.82) is 5.26 Å². The number of hydrogen-bond acceptors (Lipinski definition) is 6. The number of hydrogen-bond donors (Lipinski definition) is 1. The molecule has 0 saturated heterocycles. The van der Waals surface area contributed by atoms with Crippen molar-refractivity contribution in [2.45, 2.75) is 19.4 Å². The highest BCUT2D eigenvalue weighted by Crippen LogP contribution is 2.26. The highest BCUT2D eigenvalue weighted by atomic mass is 16.5. The molecule has 2 rings (SSSR count). The van der Waals surface area contributed by atoms with Gasteiger partial charge in [0.15, 0.2) is 11.5 Å². The summed E-state index contributed by atoms with van der Waals surface area (Å²) in [7, 11) is 1.25. The van der Waals surface area contributed by atoms with Gasteiger partial charge in [-0.2, -0.15) is 5.26 Å². The second-order valence-corrected chi connectivity index (χ2v) is 5.07. The standard InChI is InChI=1S/C18H17N3O4/c1-3-4-5-14(22)20-11-15-21-16(18(23)24-2)17(25-15)13-8-6-12(10-19)7-9-13/h3,6-9H,1,4-5,11H2,2H3,(H,20,22). The fourth-order valence-electron chi connectivity index (χ4n) is 2.06. The molecule has 0 fully saturated rings. The predicted molar refractivity (Wildman–Crippen MR) is 89.3 cm³/mol. The molecule has 7 nitrogen and oxygen atoms in total. The highest BCUT2D eigenvalue weighted by Gasteiger charge is 2.22. The number of benzene rings is 1. The lowest BCUT2D eigenvalue weighted by Gasteiger charge is -2.01. The minimum Gasteiger partial charge on any atom is -0.464 e. The summed E-state index contributed by atoms with van der Waals surface area (Å²) >= 11 is 0. The van der Waals surface area contributed by atoms with E-state index in [1.807, 2.05) is 6.07 Å². The molecule has 0 unspecified atom stereocenters. The summed E-state index contributed by atoms with van der Waals surface area (Å²) < 4.78 is 10.3. The molecule has 7 heteroatoms. The third kappa shape index (κ3) is 4.54. The van der Waals surface area contributed by atoms with Crippen molar-refractivity contribution in [2.75, 3.05) is 7.11 Å². The number of esters is 1. The number of allylic oxidation sites excluding steroid dienone is 1. The van der Waals surface area contributed by atoms with Crippen LogP contribution in [-0.2, 0) is 16.1 Å². The van der Waals surface area contributed by atoms with Gasteiger partial charge >= 0.3 is 5.97 Å². The minimum atomic E-state index is -0.646. The lowest BCUT2D eigenvalue weighted by Crippen LogP contribution is -2.22. The maximum absolute atomic E-state index is 11.9. The van der Waals surface area contributed by atoms with Gasteiger partial charge in [-0.3, -0.25) is 4.79 Å². The first-order chi connectivity index (χ1) is 12.1. The van der Waals surface area contributed by atoms with Gasteiger partial charge in [-0.05, 0) is 30.7 Å². The van der Waals surface area contributed by atoms with Crippen molar-refractivity contribution in [1.82, 2.24) is 10.3 Å². The van der Waals surface area contributed by atoms with E-state index in [9.17, 15) is 9.59 Å². The number of carbonyl (C=O) groups is 2. The molecular weight excluding hydrogens is 322 g/mol.